The van der Waals surface area contributed by atoms with Crippen LogP contribution < -0.4 is 5.32 Å². The minimum atomic E-state index is -1.65. The van der Waals surface area contributed by atoms with Gasteiger partial charge < -0.3 is 19.7 Å². The highest BCUT2D eigenvalue weighted by molar-refractivity contribution is 5.70. The Morgan fingerprint density at radius 3 is 2.63 bits per heavy atom. The maximum absolute atomic E-state index is 15.6. The number of hydrogen-bond donors (Lipinski definition) is 1. The van der Waals surface area contributed by atoms with E-state index in [0.29, 0.717) is 19.4 Å². The average Bonchev–Trinajstić information content (AvgIpc) is 3.07. The van der Waals surface area contributed by atoms with Gasteiger partial charge in [0, 0.05) is 12.5 Å². The van der Waals surface area contributed by atoms with Gasteiger partial charge in [0.1, 0.15) is 12.2 Å². The molecule has 3 atom stereocenters. The summed E-state index contributed by atoms with van der Waals surface area (Å²) in [6.45, 7) is 5.70. The van der Waals surface area contributed by atoms with Crippen molar-refractivity contribution < 1.29 is 23.5 Å². The quantitative estimate of drug-likeness (QED) is 0.872. The minimum Gasteiger partial charge on any atom is -0.445 e. The van der Waals surface area contributed by atoms with Crippen molar-refractivity contribution in [1.29, 1.82) is 0 Å². The van der Waals surface area contributed by atoms with Crippen molar-refractivity contribution in [2.45, 2.75) is 57.5 Å². The average molecular weight is 378 g/mol. The number of fused-ring (bicyclic) bond motifs is 1. The molecule has 0 spiro atoms. The van der Waals surface area contributed by atoms with E-state index in [0.717, 1.165) is 5.56 Å². The molecule has 0 aromatic heterocycles. The first kappa shape index (κ1) is 19.5. The zero-order chi connectivity index (χ0) is 19.7. The second-order valence-corrected chi connectivity index (χ2v) is 8.32. The van der Waals surface area contributed by atoms with E-state index >= 15 is 4.39 Å². The van der Waals surface area contributed by atoms with Gasteiger partial charge in [0.25, 0.3) is 0 Å². The molecule has 3 rings (SSSR count). The number of halogens is 1. The third kappa shape index (κ3) is 4.51. The molecular weight excluding hydrogens is 351 g/mol. The standard InChI is InChI=1S/C20H27FN2O4/c1-19(2,3)27-18(25)23-11-15-9-10-16(20(15,21)13-23)22-17(24)26-12-14-7-5-4-6-8-14/h4-8,15-16H,9-13H2,1-3H3,(H,22,24)/t15-,16+,20-/m0/s1. The number of carbonyl (C=O) groups is 2. The summed E-state index contributed by atoms with van der Waals surface area (Å²) in [7, 11) is 0. The minimum absolute atomic E-state index is 0.0732. The Morgan fingerprint density at radius 2 is 1.96 bits per heavy atom. The summed E-state index contributed by atoms with van der Waals surface area (Å²) in [5.74, 6) is -0.301. The van der Waals surface area contributed by atoms with Crippen LogP contribution in [0.5, 0.6) is 0 Å². The van der Waals surface area contributed by atoms with E-state index in [-0.39, 0.29) is 19.1 Å². The van der Waals surface area contributed by atoms with Crippen molar-refractivity contribution in [1.82, 2.24) is 10.2 Å². The summed E-state index contributed by atoms with van der Waals surface area (Å²) < 4.78 is 26.2. The molecule has 1 N–H and O–H groups in total. The second-order valence-electron chi connectivity index (χ2n) is 8.32. The van der Waals surface area contributed by atoms with Crippen LogP contribution in [0.15, 0.2) is 30.3 Å². The van der Waals surface area contributed by atoms with Gasteiger partial charge >= 0.3 is 12.2 Å². The van der Waals surface area contributed by atoms with Crippen LogP contribution in [0, 0.1) is 5.92 Å². The topological polar surface area (TPSA) is 67.9 Å². The highest BCUT2D eigenvalue weighted by atomic mass is 19.1. The maximum Gasteiger partial charge on any atom is 0.410 e. The first-order valence-corrected chi connectivity index (χ1v) is 9.31. The number of nitrogens with zero attached hydrogens (tertiary/aromatic N) is 1. The van der Waals surface area contributed by atoms with Crippen molar-refractivity contribution >= 4 is 12.2 Å². The Hall–Kier alpha value is -2.31. The molecule has 0 radical (unpaired) electrons. The van der Waals surface area contributed by atoms with E-state index in [1.54, 1.807) is 20.8 Å². The van der Waals surface area contributed by atoms with Crippen LogP contribution in [-0.4, -0.2) is 47.5 Å². The molecule has 2 aliphatic rings. The molecule has 0 unspecified atom stereocenters. The zero-order valence-corrected chi connectivity index (χ0v) is 16.0. The summed E-state index contributed by atoms with van der Waals surface area (Å²) >= 11 is 0. The monoisotopic (exact) mass is 378 g/mol. The van der Waals surface area contributed by atoms with Crippen molar-refractivity contribution in [2.75, 3.05) is 13.1 Å². The van der Waals surface area contributed by atoms with Crippen LogP contribution in [0.3, 0.4) is 0 Å². The molecule has 1 aliphatic heterocycles. The molecular formula is C20H27FN2O4. The first-order valence-electron chi connectivity index (χ1n) is 9.31. The zero-order valence-electron chi connectivity index (χ0n) is 16.0. The normalized spacial score (nSPS) is 27.2. The van der Waals surface area contributed by atoms with Gasteiger partial charge in [-0.25, -0.2) is 14.0 Å². The fraction of sp³-hybridized carbons (Fsp3) is 0.600. The van der Waals surface area contributed by atoms with E-state index in [9.17, 15) is 9.59 Å². The Bertz CT molecular complexity index is 691. The third-order valence-corrected chi connectivity index (χ3v) is 5.09. The molecule has 2 amide bonds. The largest absolute Gasteiger partial charge is 0.445 e. The molecule has 7 heteroatoms. The van der Waals surface area contributed by atoms with Gasteiger partial charge in [-0.05, 0) is 39.2 Å². The molecule has 1 aromatic rings. The second kappa shape index (κ2) is 7.37. The number of alkyl carbamates (subject to hydrolysis) is 1. The van der Waals surface area contributed by atoms with Crippen molar-refractivity contribution in [2.24, 2.45) is 5.92 Å². The Labute approximate surface area is 159 Å². The van der Waals surface area contributed by atoms with Crippen molar-refractivity contribution in [3.8, 4) is 0 Å². The molecule has 0 bridgehead atoms. The lowest BCUT2D eigenvalue weighted by atomic mass is 9.94. The van der Waals surface area contributed by atoms with E-state index in [2.05, 4.69) is 5.32 Å². The molecule has 1 aromatic carbocycles. The number of hydrogen-bond acceptors (Lipinski definition) is 4. The van der Waals surface area contributed by atoms with Gasteiger partial charge in [0.2, 0.25) is 0 Å². The van der Waals surface area contributed by atoms with Crippen LogP contribution in [0.25, 0.3) is 0 Å². The summed E-state index contributed by atoms with van der Waals surface area (Å²) in [6.07, 6.45) is -0.0139. The van der Waals surface area contributed by atoms with Crippen molar-refractivity contribution in [3.05, 3.63) is 35.9 Å². The first-order chi connectivity index (χ1) is 12.7. The van der Waals surface area contributed by atoms with Crippen LogP contribution in [0.1, 0.15) is 39.2 Å². The van der Waals surface area contributed by atoms with E-state index < -0.39 is 29.5 Å². The Morgan fingerprint density at radius 1 is 1.26 bits per heavy atom. The van der Waals surface area contributed by atoms with Crippen LogP contribution in [0.4, 0.5) is 14.0 Å². The molecule has 2 fully saturated rings. The molecule has 148 valence electrons. The Balaban J connectivity index is 1.55. The molecule has 6 nitrogen and oxygen atoms in total. The number of carbonyl (C=O) groups excluding carboxylic acids is 2. The van der Waals surface area contributed by atoms with Crippen molar-refractivity contribution in [3.63, 3.8) is 0 Å². The Kier molecular flexibility index (Phi) is 5.31. The van der Waals surface area contributed by atoms with Gasteiger partial charge in [-0.15, -0.1) is 0 Å². The van der Waals surface area contributed by atoms with Crippen LogP contribution in [0.2, 0.25) is 0 Å². The van der Waals surface area contributed by atoms with Gasteiger partial charge in [0.15, 0.2) is 5.67 Å². The molecule has 27 heavy (non-hydrogen) atoms. The number of likely N-dealkylation sites (tertiary alicyclic amines) is 1. The number of alkyl halides is 1. The summed E-state index contributed by atoms with van der Waals surface area (Å²) in [4.78, 5) is 25.8. The summed E-state index contributed by atoms with van der Waals surface area (Å²) in [6, 6.07) is 8.64. The highest BCUT2D eigenvalue weighted by Gasteiger charge is 2.58. The molecule has 1 saturated carbocycles. The van der Waals surface area contributed by atoms with E-state index in [1.165, 1.54) is 4.90 Å². The predicted molar refractivity (Wildman–Crippen MR) is 97.9 cm³/mol. The number of benzene rings is 1. The maximum atomic E-state index is 15.6. The van der Waals surface area contributed by atoms with Gasteiger partial charge in [0.05, 0.1) is 12.6 Å². The SMILES string of the molecule is CC(C)(C)OC(=O)N1C[C@@H]2CC[C@@H](NC(=O)OCc3ccccc3)[C@]2(F)C1. The van der Waals surface area contributed by atoms with E-state index in [4.69, 9.17) is 9.47 Å². The molecule has 1 heterocycles. The lowest BCUT2D eigenvalue weighted by Crippen LogP contribution is -2.51. The predicted octanol–water partition coefficient (Wildman–Crippen LogP) is 3.65. The van der Waals surface area contributed by atoms with Gasteiger partial charge in [-0.2, -0.15) is 0 Å². The lowest BCUT2D eigenvalue weighted by molar-refractivity contribution is 0.0240. The highest BCUT2D eigenvalue weighted by Crippen LogP contribution is 2.45. The van der Waals surface area contributed by atoms with Gasteiger partial charge in [-0.3, -0.25) is 0 Å². The third-order valence-electron chi connectivity index (χ3n) is 5.09. The number of rotatable bonds is 3. The fourth-order valence-electron chi connectivity index (χ4n) is 3.80. The molecule has 1 saturated heterocycles. The number of amides is 2. The summed E-state index contributed by atoms with van der Waals surface area (Å²) in [5.41, 5.74) is -1.41. The molecule has 1 aliphatic carbocycles. The lowest BCUT2D eigenvalue weighted by Gasteiger charge is -2.28. The van der Waals surface area contributed by atoms with Crippen LogP contribution >= 0.6 is 0 Å². The van der Waals surface area contributed by atoms with Gasteiger partial charge in [-0.1, -0.05) is 30.3 Å². The number of ether oxygens (including phenoxy) is 2. The fourth-order valence-corrected chi connectivity index (χ4v) is 3.80. The number of nitrogens with one attached hydrogen (secondary N) is 1. The van der Waals surface area contributed by atoms with E-state index in [1.807, 2.05) is 30.3 Å². The van der Waals surface area contributed by atoms with Crippen LogP contribution in [-0.2, 0) is 16.1 Å². The summed E-state index contributed by atoms with van der Waals surface area (Å²) in [5, 5.41) is 2.65. The smallest absolute Gasteiger partial charge is 0.410 e.